The molecular weight excluding hydrogens is 459 g/mol. The van der Waals surface area contributed by atoms with Crippen molar-refractivity contribution in [2.45, 2.75) is 64.1 Å². The van der Waals surface area contributed by atoms with Crippen LogP contribution in [0.3, 0.4) is 0 Å². The fraction of sp³-hybridized carbons (Fsp3) is 0.345. The van der Waals surface area contributed by atoms with Gasteiger partial charge in [0.05, 0.1) is 30.0 Å². The van der Waals surface area contributed by atoms with Gasteiger partial charge in [-0.25, -0.2) is 4.39 Å². The maximum atomic E-state index is 13.8. The average Bonchev–Trinajstić information content (AvgIpc) is 3.01. The van der Waals surface area contributed by atoms with Gasteiger partial charge in [0.25, 0.3) is 0 Å². The van der Waals surface area contributed by atoms with Gasteiger partial charge in [-0.1, -0.05) is 38.1 Å². The van der Waals surface area contributed by atoms with Crippen LogP contribution < -0.4 is 0 Å². The molecule has 0 spiro atoms. The van der Waals surface area contributed by atoms with Crippen LogP contribution in [0, 0.1) is 5.82 Å². The summed E-state index contributed by atoms with van der Waals surface area (Å²) in [6, 6.07) is 8.43. The van der Waals surface area contributed by atoms with E-state index in [9.17, 15) is 19.4 Å². The quantitative estimate of drug-likeness (QED) is 0.403. The van der Waals surface area contributed by atoms with Gasteiger partial charge in [0.2, 0.25) is 0 Å². The largest absolute Gasteiger partial charge is 0.481 e. The van der Waals surface area contributed by atoms with E-state index in [4.69, 9.17) is 10.1 Å². The van der Waals surface area contributed by atoms with Crippen LogP contribution >= 0.6 is 0 Å². The highest BCUT2D eigenvalue weighted by atomic mass is 19.1. The molecule has 2 aromatic heterocycles. The first-order valence-electron chi connectivity index (χ1n) is 12.3. The molecule has 2 atom stereocenters. The Labute approximate surface area is 210 Å². The first-order valence-corrected chi connectivity index (χ1v) is 12.3. The summed E-state index contributed by atoms with van der Waals surface area (Å²) in [5.74, 6) is -1.39. The minimum Gasteiger partial charge on any atom is -0.481 e. The number of aliphatic carboxylic acids is 1. The van der Waals surface area contributed by atoms with Gasteiger partial charge in [0, 0.05) is 29.9 Å². The monoisotopic (exact) mass is 490 g/mol. The van der Waals surface area contributed by atoms with Crippen LogP contribution in [-0.4, -0.2) is 43.5 Å². The van der Waals surface area contributed by atoms with Crippen LogP contribution in [0.15, 0.2) is 48.8 Å². The van der Waals surface area contributed by atoms with E-state index in [1.165, 1.54) is 17.7 Å². The van der Waals surface area contributed by atoms with Crippen molar-refractivity contribution in [3.63, 3.8) is 0 Å². The lowest BCUT2D eigenvalue weighted by molar-refractivity contribution is -0.139. The smallest absolute Gasteiger partial charge is 0.305 e. The molecule has 3 N–H and O–H groups in total. The van der Waals surface area contributed by atoms with Gasteiger partial charge in [-0.05, 0) is 65.6 Å². The molecule has 0 unspecified atom stereocenters. The lowest BCUT2D eigenvalue weighted by Gasteiger charge is -2.22. The van der Waals surface area contributed by atoms with E-state index in [0.29, 0.717) is 0 Å². The second-order valence-corrected chi connectivity index (χ2v) is 9.57. The van der Waals surface area contributed by atoms with E-state index in [-0.39, 0.29) is 18.2 Å². The highest BCUT2D eigenvalue weighted by Gasteiger charge is 2.25. The van der Waals surface area contributed by atoms with Crippen molar-refractivity contribution in [3.8, 4) is 22.4 Å². The Balaban J connectivity index is 1.90. The number of halogens is 1. The molecule has 2 heterocycles. The van der Waals surface area contributed by atoms with E-state index in [0.717, 1.165) is 58.5 Å². The zero-order valence-electron chi connectivity index (χ0n) is 20.5. The van der Waals surface area contributed by atoms with Gasteiger partial charge >= 0.3 is 5.97 Å². The number of carboxylic acids is 1. The standard InChI is InChI=1S/C29H31FN2O4/c1-17(2)28-24(11-10-21(33)14-22(34)15-26(35)36)27(19-6-8-20(30)9-7-19)23-5-3-4-18-12-13-31-16-25(18)29(23)32-28/h6-13,16-17,21-22,33-34H,3-5,14-15H2,1-2H3,(H,35,36)/t21-,22-/m1/s1. The van der Waals surface area contributed by atoms with Crippen LogP contribution in [0.2, 0.25) is 0 Å². The normalized spacial score (nSPS) is 14.8. The van der Waals surface area contributed by atoms with Gasteiger partial charge in [-0.3, -0.25) is 14.8 Å². The number of rotatable bonds is 8. The van der Waals surface area contributed by atoms with Crippen LogP contribution in [-0.2, 0) is 17.6 Å². The van der Waals surface area contributed by atoms with Crippen molar-refractivity contribution < 1.29 is 24.5 Å². The number of aromatic nitrogens is 2. The number of fused-ring (bicyclic) bond motifs is 3. The molecule has 6 nitrogen and oxygen atoms in total. The molecule has 0 amide bonds. The third-order valence-corrected chi connectivity index (χ3v) is 6.49. The second-order valence-electron chi connectivity index (χ2n) is 9.57. The zero-order valence-corrected chi connectivity index (χ0v) is 20.5. The Morgan fingerprint density at radius 3 is 2.58 bits per heavy atom. The van der Waals surface area contributed by atoms with Gasteiger partial charge in [-0.2, -0.15) is 0 Å². The maximum Gasteiger partial charge on any atom is 0.305 e. The molecule has 0 saturated carbocycles. The van der Waals surface area contributed by atoms with Crippen LogP contribution in [0.25, 0.3) is 28.5 Å². The average molecular weight is 491 g/mol. The summed E-state index contributed by atoms with van der Waals surface area (Å²) in [6.45, 7) is 4.10. The first-order chi connectivity index (χ1) is 17.2. The lowest BCUT2D eigenvalue weighted by atomic mass is 9.86. The van der Waals surface area contributed by atoms with Gasteiger partial charge < -0.3 is 15.3 Å². The molecule has 36 heavy (non-hydrogen) atoms. The zero-order chi connectivity index (χ0) is 25.8. The molecule has 3 aromatic rings. The minimum absolute atomic E-state index is 0.0484. The lowest BCUT2D eigenvalue weighted by Crippen LogP contribution is -2.19. The number of aliphatic hydroxyl groups is 2. The summed E-state index contributed by atoms with van der Waals surface area (Å²) in [5.41, 5.74) is 7.59. The van der Waals surface area contributed by atoms with Crippen molar-refractivity contribution in [3.05, 3.63) is 77.0 Å². The van der Waals surface area contributed by atoms with E-state index >= 15 is 0 Å². The predicted octanol–water partition coefficient (Wildman–Crippen LogP) is 5.16. The number of aliphatic hydroxyl groups excluding tert-OH is 2. The number of nitrogens with zero attached hydrogens (tertiary/aromatic N) is 2. The molecule has 4 rings (SSSR count). The Hall–Kier alpha value is -3.42. The number of benzene rings is 1. The molecule has 0 fully saturated rings. The van der Waals surface area contributed by atoms with E-state index in [2.05, 4.69) is 18.8 Å². The molecule has 1 aliphatic carbocycles. The van der Waals surface area contributed by atoms with Crippen LogP contribution in [0.1, 0.15) is 61.4 Å². The third kappa shape index (κ3) is 5.69. The Morgan fingerprint density at radius 1 is 1.14 bits per heavy atom. The van der Waals surface area contributed by atoms with Crippen molar-refractivity contribution in [2.24, 2.45) is 0 Å². The number of hydrogen-bond acceptors (Lipinski definition) is 5. The molecule has 1 aromatic carbocycles. The fourth-order valence-electron chi connectivity index (χ4n) is 4.84. The minimum atomic E-state index is -1.16. The predicted molar refractivity (Wildman–Crippen MR) is 137 cm³/mol. The first kappa shape index (κ1) is 25.7. The van der Waals surface area contributed by atoms with Crippen LogP contribution in [0.5, 0.6) is 0 Å². The SMILES string of the molecule is CC(C)c1nc2c(c(-c3ccc(F)cc3)c1C=C[C@@H](O)C[C@@H](O)CC(=O)O)CCCc1ccncc1-2. The molecule has 0 bridgehead atoms. The highest BCUT2D eigenvalue weighted by molar-refractivity contribution is 5.85. The highest BCUT2D eigenvalue weighted by Crippen LogP contribution is 2.41. The Kier molecular flexibility index (Phi) is 7.91. The molecule has 0 aliphatic heterocycles. The summed E-state index contributed by atoms with van der Waals surface area (Å²) in [6.07, 6.45) is 6.91. The topological polar surface area (TPSA) is 104 Å². The van der Waals surface area contributed by atoms with Crippen molar-refractivity contribution >= 4 is 12.0 Å². The number of carboxylic acid groups (broad SMARTS) is 1. The van der Waals surface area contributed by atoms with E-state index < -0.39 is 24.6 Å². The summed E-state index contributed by atoms with van der Waals surface area (Å²) in [4.78, 5) is 20.3. The maximum absolute atomic E-state index is 13.8. The number of hydrogen-bond donors (Lipinski definition) is 3. The molecule has 1 aliphatic rings. The van der Waals surface area contributed by atoms with Crippen molar-refractivity contribution in [1.82, 2.24) is 9.97 Å². The Morgan fingerprint density at radius 2 is 1.89 bits per heavy atom. The molecule has 0 radical (unpaired) electrons. The summed E-state index contributed by atoms with van der Waals surface area (Å²) >= 11 is 0. The molecule has 0 saturated heterocycles. The third-order valence-electron chi connectivity index (χ3n) is 6.49. The van der Waals surface area contributed by atoms with Gasteiger partial charge in [-0.15, -0.1) is 0 Å². The second kappa shape index (κ2) is 11.1. The molecule has 7 heteroatoms. The number of pyridine rings is 2. The van der Waals surface area contributed by atoms with Crippen LogP contribution in [0.4, 0.5) is 4.39 Å². The number of aryl methyl sites for hydroxylation is 1. The van der Waals surface area contributed by atoms with Gasteiger partial charge in [0.1, 0.15) is 5.82 Å². The molecular formula is C29H31FN2O4. The van der Waals surface area contributed by atoms with E-state index in [1.807, 2.05) is 12.3 Å². The summed E-state index contributed by atoms with van der Waals surface area (Å²) in [5, 5.41) is 29.3. The Bertz CT molecular complexity index is 1270. The fourth-order valence-corrected chi connectivity index (χ4v) is 4.84. The van der Waals surface area contributed by atoms with Crippen molar-refractivity contribution in [1.29, 1.82) is 0 Å². The summed E-state index contributed by atoms with van der Waals surface area (Å²) in [7, 11) is 0. The van der Waals surface area contributed by atoms with E-state index in [1.54, 1.807) is 30.5 Å². The van der Waals surface area contributed by atoms with Crippen molar-refractivity contribution in [2.75, 3.05) is 0 Å². The summed E-state index contributed by atoms with van der Waals surface area (Å²) < 4.78 is 13.8. The van der Waals surface area contributed by atoms with Gasteiger partial charge in [0.15, 0.2) is 0 Å². The number of carbonyl (C=O) groups is 1. The molecule has 188 valence electrons.